The lowest BCUT2D eigenvalue weighted by molar-refractivity contribution is -0.128. The fraction of sp³-hybridized carbons (Fsp3) is 0.200. The Hall–Kier alpha value is -3.31. The van der Waals surface area contributed by atoms with Gasteiger partial charge in [-0.3, -0.25) is 4.79 Å². The first-order valence-corrected chi connectivity index (χ1v) is 10.4. The minimum Gasteiger partial charge on any atom is -0.478 e. The average molecular weight is 435 g/mol. The number of amides is 1. The number of ether oxygens (including phenoxy) is 1. The molecule has 0 spiro atoms. The van der Waals surface area contributed by atoms with Crippen LogP contribution < -0.4 is 10.1 Å². The molecule has 1 amide bonds. The number of nitrogens with one attached hydrogen (secondary N) is 1. The fourth-order valence-corrected chi connectivity index (χ4v) is 3.29. The maximum Gasteiger partial charge on any atom is 0.267 e. The highest BCUT2D eigenvalue weighted by atomic mass is 35.5. The van der Waals surface area contributed by atoms with E-state index in [0.29, 0.717) is 28.8 Å². The van der Waals surface area contributed by atoms with Gasteiger partial charge in [-0.25, -0.2) is 4.98 Å². The molecule has 0 bridgehead atoms. The van der Waals surface area contributed by atoms with Gasteiger partial charge in [-0.15, -0.1) is 0 Å². The van der Waals surface area contributed by atoms with E-state index < -0.39 is 5.60 Å². The summed E-state index contributed by atoms with van der Waals surface area (Å²) in [6.07, 6.45) is 0.577. The minimum absolute atomic E-state index is 0.246. The third-order valence-electron chi connectivity index (χ3n) is 4.89. The average Bonchev–Trinajstić information content (AvgIpc) is 3.12. The van der Waals surface area contributed by atoms with Crippen LogP contribution in [0.1, 0.15) is 30.9 Å². The molecule has 1 aromatic heterocycles. The topological polar surface area (TPSA) is 64.4 Å². The molecule has 3 aromatic carbocycles. The lowest BCUT2D eigenvalue weighted by Crippen LogP contribution is -2.42. The summed E-state index contributed by atoms with van der Waals surface area (Å²) in [5, 5.41) is 3.52. The molecule has 0 fully saturated rings. The van der Waals surface area contributed by atoms with Crippen LogP contribution in [0.4, 0.5) is 5.69 Å². The Kier molecular flexibility index (Phi) is 5.70. The van der Waals surface area contributed by atoms with Crippen molar-refractivity contribution >= 4 is 34.3 Å². The molecule has 6 heteroatoms. The molecule has 0 saturated heterocycles. The predicted octanol–water partition coefficient (Wildman–Crippen LogP) is 6.18. The van der Waals surface area contributed by atoms with Crippen LogP contribution in [0.3, 0.4) is 0 Å². The van der Waals surface area contributed by atoms with Gasteiger partial charge in [0.15, 0.2) is 17.1 Å². The number of hydrogen-bond donors (Lipinski definition) is 1. The van der Waals surface area contributed by atoms with Crippen molar-refractivity contribution in [1.82, 2.24) is 4.98 Å². The van der Waals surface area contributed by atoms with E-state index in [1.807, 2.05) is 49.4 Å². The Labute approximate surface area is 186 Å². The Morgan fingerprint density at radius 2 is 1.77 bits per heavy atom. The van der Waals surface area contributed by atoms with E-state index in [9.17, 15) is 4.79 Å². The monoisotopic (exact) mass is 434 g/mol. The van der Waals surface area contributed by atoms with Crippen LogP contribution in [0.5, 0.6) is 5.75 Å². The van der Waals surface area contributed by atoms with Crippen molar-refractivity contribution in [3.63, 3.8) is 0 Å². The molecule has 0 radical (unpaired) electrons. The van der Waals surface area contributed by atoms with E-state index in [-0.39, 0.29) is 5.91 Å². The van der Waals surface area contributed by atoms with Gasteiger partial charge in [-0.2, -0.15) is 0 Å². The number of hydrogen-bond acceptors (Lipinski definition) is 4. The van der Waals surface area contributed by atoms with Gasteiger partial charge in [-0.1, -0.05) is 29.8 Å². The molecule has 0 saturated carbocycles. The van der Waals surface area contributed by atoms with Crippen LogP contribution in [0.25, 0.3) is 11.1 Å². The second kappa shape index (κ2) is 8.44. The zero-order valence-corrected chi connectivity index (χ0v) is 18.4. The Morgan fingerprint density at radius 3 is 2.48 bits per heavy atom. The highest BCUT2D eigenvalue weighted by Gasteiger charge is 2.30. The van der Waals surface area contributed by atoms with Crippen molar-refractivity contribution in [2.24, 2.45) is 0 Å². The molecule has 1 heterocycles. The van der Waals surface area contributed by atoms with Crippen molar-refractivity contribution in [2.45, 2.75) is 32.8 Å². The molecule has 0 unspecified atom stereocenters. The van der Waals surface area contributed by atoms with Gasteiger partial charge in [0.05, 0.1) is 0 Å². The summed E-state index contributed by atoms with van der Waals surface area (Å²) in [6, 6.07) is 20.5. The summed E-state index contributed by atoms with van der Waals surface area (Å²) < 4.78 is 11.7. The minimum atomic E-state index is -1.05. The summed E-state index contributed by atoms with van der Waals surface area (Å²) in [6.45, 7) is 5.48. The third-order valence-corrected chi connectivity index (χ3v) is 5.14. The molecule has 1 N–H and O–H groups in total. The first kappa shape index (κ1) is 20.9. The second-order valence-corrected chi connectivity index (χ2v) is 8.41. The van der Waals surface area contributed by atoms with Crippen LogP contribution in [-0.2, 0) is 11.2 Å². The number of oxazole rings is 1. The molecule has 0 aliphatic rings. The number of carbonyl (C=O) groups excluding carboxylic acids is 1. The van der Waals surface area contributed by atoms with Gasteiger partial charge in [0.2, 0.25) is 0 Å². The lowest BCUT2D eigenvalue weighted by Gasteiger charge is -2.25. The molecule has 0 atom stereocenters. The predicted molar refractivity (Wildman–Crippen MR) is 123 cm³/mol. The summed E-state index contributed by atoms with van der Waals surface area (Å²) >= 11 is 5.90. The van der Waals surface area contributed by atoms with Crippen LogP contribution in [0.15, 0.2) is 71.1 Å². The van der Waals surface area contributed by atoms with E-state index in [4.69, 9.17) is 20.8 Å². The number of halogens is 1. The van der Waals surface area contributed by atoms with Gasteiger partial charge in [-0.05, 0) is 80.4 Å². The SMILES string of the molecule is Cc1ccc2oc(Cc3ccc(NC(=O)C(C)(C)Oc4ccc(Cl)cc4)cc3)nc2c1. The Balaban J connectivity index is 1.40. The molecule has 158 valence electrons. The molecule has 4 aromatic rings. The van der Waals surface area contributed by atoms with Crippen LogP contribution in [-0.4, -0.2) is 16.5 Å². The zero-order chi connectivity index (χ0) is 22.0. The van der Waals surface area contributed by atoms with E-state index in [1.54, 1.807) is 38.1 Å². The molecule has 0 aliphatic carbocycles. The van der Waals surface area contributed by atoms with Crippen molar-refractivity contribution < 1.29 is 13.9 Å². The van der Waals surface area contributed by atoms with Crippen molar-refractivity contribution in [3.8, 4) is 5.75 Å². The number of rotatable bonds is 6. The highest BCUT2D eigenvalue weighted by Crippen LogP contribution is 2.23. The van der Waals surface area contributed by atoms with Crippen molar-refractivity contribution in [1.29, 1.82) is 0 Å². The molecule has 31 heavy (non-hydrogen) atoms. The quantitative estimate of drug-likeness (QED) is 0.393. The molecule has 4 rings (SSSR count). The largest absolute Gasteiger partial charge is 0.478 e. The summed E-state index contributed by atoms with van der Waals surface area (Å²) in [5.74, 6) is 0.993. The lowest BCUT2D eigenvalue weighted by atomic mass is 10.1. The standard InChI is InChI=1S/C25H23ClN2O3/c1-16-4-13-22-21(14-16)28-23(30-22)15-17-5-9-19(10-6-17)27-24(29)25(2,3)31-20-11-7-18(26)8-12-20/h4-14H,15H2,1-3H3,(H,27,29). The summed E-state index contributed by atoms with van der Waals surface area (Å²) in [5.41, 5.74) is 3.47. The van der Waals surface area contributed by atoms with Gasteiger partial charge in [0.25, 0.3) is 5.91 Å². The smallest absolute Gasteiger partial charge is 0.267 e. The summed E-state index contributed by atoms with van der Waals surface area (Å²) in [7, 11) is 0. The number of carbonyl (C=O) groups is 1. The number of aryl methyl sites for hydroxylation is 1. The van der Waals surface area contributed by atoms with Gasteiger partial charge in [0, 0.05) is 17.1 Å². The number of benzene rings is 3. The van der Waals surface area contributed by atoms with Crippen molar-refractivity contribution in [2.75, 3.05) is 5.32 Å². The Morgan fingerprint density at radius 1 is 1.06 bits per heavy atom. The van der Waals surface area contributed by atoms with Gasteiger partial charge < -0.3 is 14.5 Å². The van der Waals surface area contributed by atoms with Gasteiger partial charge >= 0.3 is 0 Å². The number of anilines is 1. The summed E-state index contributed by atoms with van der Waals surface area (Å²) in [4.78, 5) is 17.3. The fourth-order valence-electron chi connectivity index (χ4n) is 3.17. The molecule has 5 nitrogen and oxygen atoms in total. The number of nitrogens with zero attached hydrogens (tertiary/aromatic N) is 1. The van der Waals surface area contributed by atoms with E-state index in [2.05, 4.69) is 10.3 Å². The van der Waals surface area contributed by atoms with E-state index >= 15 is 0 Å². The molecular formula is C25H23ClN2O3. The third kappa shape index (κ3) is 5.06. The van der Waals surface area contributed by atoms with Gasteiger partial charge in [0.1, 0.15) is 11.3 Å². The first-order chi connectivity index (χ1) is 14.8. The maximum atomic E-state index is 12.7. The normalized spacial score (nSPS) is 11.5. The second-order valence-electron chi connectivity index (χ2n) is 7.97. The molecule has 0 aliphatic heterocycles. The first-order valence-electron chi connectivity index (χ1n) is 9.99. The van der Waals surface area contributed by atoms with Crippen molar-refractivity contribution in [3.05, 3.63) is 88.8 Å². The highest BCUT2D eigenvalue weighted by molar-refractivity contribution is 6.30. The number of fused-ring (bicyclic) bond motifs is 1. The Bertz CT molecular complexity index is 1210. The van der Waals surface area contributed by atoms with Crippen LogP contribution in [0.2, 0.25) is 5.02 Å². The van der Waals surface area contributed by atoms with Crippen LogP contribution >= 0.6 is 11.6 Å². The maximum absolute atomic E-state index is 12.7. The van der Waals surface area contributed by atoms with E-state index in [0.717, 1.165) is 22.2 Å². The number of aromatic nitrogens is 1. The molecular weight excluding hydrogens is 412 g/mol. The van der Waals surface area contributed by atoms with E-state index in [1.165, 1.54) is 0 Å². The van der Waals surface area contributed by atoms with Crippen LogP contribution in [0, 0.1) is 6.92 Å². The zero-order valence-electron chi connectivity index (χ0n) is 17.6.